The van der Waals surface area contributed by atoms with Crippen LogP contribution in [0.2, 0.25) is 0 Å². The van der Waals surface area contributed by atoms with Crippen molar-refractivity contribution in [1.82, 2.24) is 15.5 Å². The molecule has 0 aliphatic rings. The first-order valence-corrected chi connectivity index (χ1v) is 5.39. The lowest BCUT2D eigenvalue weighted by molar-refractivity contribution is -0.146. The van der Waals surface area contributed by atoms with Crippen molar-refractivity contribution < 1.29 is 27.2 Å². The standard InChI is InChI=1S/C10H14F3N3O3/c1-5(14-8(17)18-9(2,3)4)6-15-7(16-19-6)10(11,12)13/h5H,1-4H3,(H,14,17). The summed E-state index contributed by atoms with van der Waals surface area (Å²) in [5.74, 6) is -1.74. The van der Waals surface area contributed by atoms with Gasteiger partial charge in [0.05, 0.1) is 0 Å². The van der Waals surface area contributed by atoms with E-state index in [9.17, 15) is 18.0 Å². The van der Waals surface area contributed by atoms with Crippen molar-refractivity contribution in [2.45, 2.75) is 45.5 Å². The number of halogens is 3. The van der Waals surface area contributed by atoms with Gasteiger partial charge in [-0.25, -0.2) is 4.79 Å². The highest BCUT2D eigenvalue weighted by Gasteiger charge is 2.38. The number of ether oxygens (including phenoxy) is 1. The fraction of sp³-hybridized carbons (Fsp3) is 0.700. The molecule has 0 spiro atoms. The Morgan fingerprint density at radius 1 is 1.37 bits per heavy atom. The molecule has 1 aromatic heterocycles. The fourth-order valence-corrected chi connectivity index (χ4v) is 1.07. The van der Waals surface area contributed by atoms with Crippen LogP contribution in [-0.2, 0) is 10.9 Å². The van der Waals surface area contributed by atoms with Gasteiger partial charge in [0.15, 0.2) is 0 Å². The van der Waals surface area contributed by atoms with Gasteiger partial charge >= 0.3 is 12.3 Å². The van der Waals surface area contributed by atoms with Crippen molar-refractivity contribution in [3.63, 3.8) is 0 Å². The van der Waals surface area contributed by atoms with Crippen LogP contribution in [0.3, 0.4) is 0 Å². The van der Waals surface area contributed by atoms with Crippen LogP contribution in [0.25, 0.3) is 0 Å². The van der Waals surface area contributed by atoms with E-state index >= 15 is 0 Å². The van der Waals surface area contributed by atoms with E-state index in [0.717, 1.165) is 0 Å². The van der Waals surface area contributed by atoms with Gasteiger partial charge in [-0.05, 0) is 27.7 Å². The van der Waals surface area contributed by atoms with Crippen LogP contribution in [0.15, 0.2) is 4.52 Å². The average Bonchev–Trinajstić information content (AvgIpc) is 2.61. The van der Waals surface area contributed by atoms with Crippen LogP contribution in [-0.4, -0.2) is 21.8 Å². The Bertz CT molecular complexity index is 451. The van der Waals surface area contributed by atoms with E-state index in [2.05, 4.69) is 20.0 Å². The summed E-state index contributed by atoms with van der Waals surface area (Å²) in [4.78, 5) is 14.6. The number of alkyl halides is 3. The Labute approximate surface area is 107 Å². The molecule has 1 rings (SSSR count). The Kier molecular flexibility index (Phi) is 4.06. The smallest absolute Gasteiger partial charge is 0.444 e. The number of carbonyl (C=O) groups excluding carboxylic acids is 1. The molecule has 1 aromatic rings. The van der Waals surface area contributed by atoms with E-state index < -0.39 is 29.7 Å². The molecule has 0 saturated carbocycles. The molecule has 0 aliphatic carbocycles. The van der Waals surface area contributed by atoms with Crippen LogP contribution >= 0.6 is 0 Å². The predicted octanol–water partition coefficient (Wildman–Crippen LogP) is 2.67. The van der Waals surface area contributed by atoms with Gasteiger partial charge in [-0.3, -0.25) is 0 Å². The number of rotatable bonds is 2. The van der Waals surface area contributed by atoms with E-state index in [1.807, 2.05) is 0 Å². The Morgan fingerprint density at radius 3 is 2.37 bits per heavy atom. The lowest BCUT2D eigenvalue weighted by Gasteiger charge is -2.20. The summed E-state index contributed by atoms with van der Waals surface area (Å²) >= 11 is 0. The minimum absolute atomic E-state index is 0.349. The van der Waals surface area contributed by atoms with Crippen LogP contribution in [0, 0.1) is 0 Å². The maximum Gasteiger partial charge on any atom is 0.455 e. The van der Waals surface area contributed by atoms with Crippen LogP contribution in [0.5, 0.6) is 0 Å². The highest BCUT2D eigenvalue weighted by Crippen LogP contribution is 2.27. The Morgan fingerprint density at radius 2 is 1.95 bits per heavy atom. The molecule has 19 heavy (non-hydrogen) atoms. The number of nitrogens with one attached hydrogen (secondary N) is 1. The number of amides is 1. The van der Waals surface area contributed by atoms with Crippen molar-refractivity contribution in [1.29, 1.82) is 0 Å². The SMILES string of the molecule is CC(NC(=O)OC(C)(C)C)c1nc(C(F)(F)F)no1. The summed E-state index contributed by atoms with van der Waals surface area (Å²) < 4.78 is 46.1. The molecular formula is C10H14F3N3O3. The number of carbonyl (C=O) groups is 1. The lowest BCUT2D eigenvalue weighted by atomic mass is 10.2. The zero-order chi connectivity index (χ0) is 14.8. The van der Waals surface area contributed by atoms with Gasteiger partial charge in [0.1, 0.15) is 11.6 Å². The van der Waals surface area contributed by atoms with E-state index in [4.69, 9.17) is 4.74 Å². The molecule has 1 amide bonds. The molecular weight excluding hydrogens is 267 g/mol. The van der Waals surface area contributed by atoms with Gasteiger partial charge in [-0.2, -0.15) is 18.2 Å². The van der Waals surface area contributed by atoms with Gasteiger partial charge in [-0.1, -0.05) is 5.16 Å². The Hall–Kier alpha value is -1.80. The van der Waals surface area contributed by atoms with Crippen molar-refractivity contribution >= 4 is 6.09 Å². The summed E-state index contributed by atoms with van der Waals surface area (Å²) in [6.45, 7) is 6.38. The highest BCUT2D eigenvalue weighted by molar-refractivity contribution is 5.68. The van der Waals surface area contributed by atoms with Gasteiger partial charge in [-0.15, -0.1) is 0 Å². The molecule has 1 heterocycles. The summed E-state index contributed by atoms with van der Waals surface area (Å²) in [5, 5.41) is 5.08. The molecule has 1 N–H and O–H groups in total. The topological polar surface area (TPSA) is 77.2 Å². The van der Waals surface area contributed by atoms with Crippen LogP contribution in [0.4, 0.5) is 18.0 Å². The third-order valence-corrected chi connectivity index (χ3v) is 1.80. The Balaban J connectivity index is 2.66. The number of hydrogen-bond donors (Lipinski definition) is 1. The lowest BCUT2D eigenvalue weighted by Crippen LogP contribution is -2.34. The van der Waals surface area contributed by atoms with Crippen molar-refractivity contribution in [3.05, 3.63) is 11.7 Å². The molecule has 0 saturated heterocycles. The molecule has 6 nitrogen and oxygen atoms in total. The minimum atomic E-state index is -4.69. The first-order valence-electron chi connectivity index (χ1n) is 5.39. The van der Waals surface area contributed by atoms with E-state index in [1.165, 1.54) is 6.92 Å². The van der Waals surface area contributed by atoms with Gasteiger partial charge in [0.25, 0.3) is 5.82 Å². The highest BCUT2D eigenvalue weighted by atomic mass is 19.4. The van der Waals surface area contributed by atoms with E-state index in [1.54, 1.807) is 20.8 Å². The summed E-state index contributed by atoms with van der Waals surface area (Å²) in [5.41, 5.74) is -0.713. The first-order chi connectivity index (χ1) is 8.49. The second kappa shape index (κ2) is 5.06. The van der Waals surface area contributed by atoms with Crippen LogP contribution in [0.1, 0.15) is 45.5 Å². The molecule has 0 aromatic carbocycles. The maximum atomic E-state index is 12.3. The molecule has 0 aliphatic heterocycles. The summed E-state index contributed by atoms with van der Waals surface area (Å²) in [6.07, 6.45) is -5.47. The third-order valence-electron chi connectivity index (χ3n) is 1.80. The fourth-order valence-electron chi connectivity index (χ4n) is 1.07. The largest absolute Gasteiger partial charge is 0.455 e. The van der Waals surface area contributed by atoms with Gasteiger partial charge in [0, 0.05) is 0 Å². The van der Waals surface area contributed by atoms with Crippen molar-refractivity contribution in [2.75, 3.05) is 0 Å². The zero-order valence-electron chi connectivity index (χ0n) is 10.8. The minimum Gasteiger partial charge on any atom is -0.444 e. The molecule has 0 bridgehead atoms. The first kappa shape index (κ1) is 15.3. The zero-order valence-corrected chi connectivity index (χ0v) is 10.8. The van der Waals surface area contributed by atoms with E-state index in [-0.39, 0.29) is 5.89 Å². The third kappa shape index (κ3) is 4.76. The quantitative estimate of drug-likeness (QED) is 0.901. The van der Waals surface area contributed by atoms with Gasteiger partial charge < -0.3 is 14.6 Å². The monoisotopic (exact) mass is 281 g/mol. The number of alkyl carbamates (subject to hydrolysis) is 1. The normalized spacial score (nSPS) is 14.1. The molecule has 0 radical (unpaired) electrons. The van der Waals surface area contributed by atoms with Crippen molar-refractivity contribution in [2.24, 2.45) is 0 Å². The van der Waals surface area contributed by atoms with Crippen molar-refractivity contribution in [3.8, 4) is 0 Å². The second-order valence-electron chi connectivity index (χ2n) is 4.82. The van der Waals surface area contributed by atoms with Gasteiger partial charge in [0.2, 0.25) is 5.89 Å². The number of nitrogens with zero attached hydrogens (tertiary/aromatic N) is 2. The average molecular weight is 281 g/mol. The molecule has 9 heteroatoms. The maximum absolute atomic E-state index is 12.3. The van der Waals surface area contributed by atoms with Crippen LogP contribution < -0.4 is 5.32 Å². The summed E-state index contributed by atoms with van der Waals surface area (Å²) in [7, 11) is 0. The molecule has 108 valence electrons. The molecule has 1 unspecified atom stereocenters. The second-order valence-corrected chi connectivity index (χ2v) is 4.82. The molecule has 0 fully saturated rings. The number of aromatic nitrogens is 2. The predicted molar refractivity (Wildman–Crippen MR) is 57.1 cm³/mol. The molecule has 1 atom stereocenters. The number of hydrogen-bond acceptors (Lipinski definition) is 5. The van der Waals surface area contributed by atoms with E-state index in [0.29, 0.717) is 0 Å². The summed E-state index contributed by atoms with van der Waals surface area (Å²) in [6, 6.07) is -0.890.